The fourth-order valence-corrected chi connectivity index (χ4v) is 3.29. The molecular weight excluding hydrogens is 416 g/mol. The van der Waals surface area contributed by atoms with E-state index in [2.05, 4.69) is 0 Å². The number of carbonyl (C=O) groups is 2. The zero-order valence-electron chi connectivity index (χ0n) is 18.2. The van der Waals surface area contributed by atoms with Crippen LogP contribution in [0.15, 0.2) is 54.6 Å². The van der Waals surface area contributed by atoms with Crippen molar-refractivity contribution in [3.63, 3.8) is 0 Å². The van der Waals surface area contributed by atoms with Gasteiger partial charge in [-0.3, -0.25) is 15.0 Å². The predicted octanol–water partition coefficient (Wildman–Crippen LogP) is 4.10. The normalized spacial score (nSPS) is 18.2. The number of esters is 1. The molecule has 1 amide bonds. The summed E-state index contributed by atoms with van der Waals surface area (Å²) in [4.78, 5) is 37.2. The molecule has 0 spiro atoms. The summed E-state index contributed by atoms with van der Waals surface area (Å²) in [7, 11) is 0. The molecular formula is C23H26N2O7. The van der Waals surface area contributed by atoms with Crippen LogP contribution >= 0.6 is 0 Å². The molecule has 2 aromatic rings. The van der Waals surface area contributed by atoms with E-state index < -0.39 is 34.7 Å². The maximum atomic E-state index is 12.8. The molecule has 0 radical (unpaired) electrons. The molecule has 9 heteroatoms. The van der Waals surface area contributed by atoms with E-state index in [0.29, 0.717) is 5.75 Å². The highest BCUT2D eigenvalue weighted by Gasteiger charge is 2.43. The van der Waals surface area contributed by atoms with Gasteiger partial charge in [-0.1, -0.05) is 30.3 Å². The highest BCUT2D eigenvalue weighted by atomic mass is 16.6. The zero-order valence-corrected chi connectivity index (χ0v) is 18.2. The standard InChI is InChI=1S/C23H26N2O7/c1-23(2,3)32-22(27)24-14-19(31-18-11-9-17(10-12-18)25(28)29)13-20(24)21(26)30-15-16-7-5-4-6-8-16/h4-12,19-20H,13-15H2,1-3H3/t19?,20-/m0/s1. The van der Waals surface area contributed by atoms with E-state index in [0.717, 1.165) is 5.56 Å². The molecule has 9 nitrogen and oxygen atoms in total. The number of amides is 1. The van der Waals surface area contributed by atoms with Crippen LogP contribution < -0.4 is 4.74 Å². The Morgan fingerprint density at radius 2 is 1.75 bits per heavy atom. The third-order valence-electron chi connectivity index (χ3n) is 4.74. The number of benzene rings is 2. The number of hydrogen-bond donors (Lipinski definition) is 0. The number of nitro benzene ring substituents is 1. The first-order valence-electron chi connectivity index (χ1n) is 10.2. The van der Waals surface area contributed by atoms with Gasteiger partial charge in [0.2, 0.25) is 0 Å². The van der Waals surface area contributed by atoms with Crippen molar-refractivity contribution in [1.29, 1.82) is 0 Å². The molecule has 0 aliphatic carbocycles. The number of rotatable bonds is 6. The lowest BCUT2D eigenvalue weighted by Gasteiger charge is -2.27. The summed E-state index contributed by atoms with van der Waals surface area (Å²) >= 11 is 0. The molecule has 1 heterocycles. The number of non-ortho nitro benzene ring substituents is 1. The summed E-state index contributed by atoms with van der Waals surface area (Å²) in [6, 6.07) is 14.0. The van der Waals surface area contributed by atoms with E-state index in [4.69, 9.17) is 14.2 Å². The van der Waals surface area contributed by atoms with E-state index in [-0.39, 0.29) is 25.3 Å². The van der Waals surface area contributed by atoms with Gasteiger partial charge in [0.15, 0.2) is 0 Å². The Bertz CT molecular complexity index is 955. The van der Waals surface area contributed by atoms with Crippen LogP contribution in [-0.2, 0) is 20.9 Å². The molecule has 2 aromatic carbocycles. The molecule has 3 rings (SSSR count). The Balaban J connectivity index is 1.70. The Morgan fingerprint density at radius 1 is 1.09 bits per heavy atom. The number of hydrogen-bond acceptors (Lipinski definition) is 7. The van der Waals surface area contributed by atoms with E-state index >= 15 is 0 Å². The van der Waals surface area contributed by atoms with E-state index in [9.17, 15) is 19.7 Å². The first kappa shape index (κ1) is 23.1. The molecule has 32 heavy (non-hydrogen) atoms. The van der Waals surface area contributed by atoms with Crippen LogP contribution in [0, 0.1) is 10.1 Å². The Morgan fingerprint density at radius 3 is 2.34 bits per heavy atom. The van der Waals surface area contributed by atoms with Crippen molar-refractivity contribution in [3.8, 4) is 5.75 Å². The Labute approximate surface area is 186 Å². The maximum absolute atomic E-state index is 12.8. The molecule has 0 bridgehead atoms. The van der Waals surface area contributed by atoms with Gasteiger partial charge in [-0.2, -0.15) is 0 Å². The van der Waals surface area contributed by atoms with Crippen molar-refractivity contribution in [2.45, 2.75) is 51.5 Å². The van der Waals surface area contributed by atoms with E-state index in [1.54, 1.807) is 20.8 Å². The number of nitrogens with zero attached hydrogens (tertiary/aromatic N) is 2. The topological polar surface area (TPSA) is 108 Å². The van der Waals surface area contributed by atoms with Gasteiger partial charge in [-0.25, -0.2) is 9.59 Å². The van der Waals surface area contributed by atoms with Crippen LogP contribution in [0.3, 0.4) is 0 Å². The lowest BCUT2D eigenvalue weighted by molar-refractivity contribution is -0.384. The van der Waals surface area contributed by atoms with Gasteiger partial charge in [-0.15, -0.1) is 0 Å². The highest BCUT2D eigenvalue weighted by Crippen LogP contribution is 2.27. The van der Waals surface area contributed by atoms with Gasteiger partial charge in [0.1, 0.15) is 30.1 Å². The van der Waals surface area contributed by atoms with E-state index in [1.165, 1.54) is 29.2 Å². The molecule has 1 saturated heterocycles. The molecule has 0 saturated carbocycles. The van der Waals surface area contributed by atoms with Crippen molar-refractivity contribution < 1.29 is 28.7 Å². The van der Waals surface area contributed by atoms with Crippen molar-refractivity contribution in [3.05, 3.63) is 70.3 Å². The largest absolute Gasteiger partial charge is 0.488 e. The summed E-state index contributed by atoms with van der Waals surface area (Å²) in [5.74, 6) is -0.141. The second-order valence-corrected chi connectivity index (χ2v) is 8.47. The third kappa shape index (κ3) is 6.19. The third-order valence-corrected chi connectivity index (χ3v) is 4.74. The molecule has 0 N–H and O–H groups in total. The average Bonchev–Trinajstić information content (AvgIpc) is 3.16. The zero-order chi connectivity index (χ0) is 23.3. The van der Waals surface area contributed by atoms with Crippen LogP contribution in [0.4, 0.5) is 10.5 Å². The maximum Gasteiger partial charge on any atom is 0.411 e. The van der Waals surface area contributed by atoms with Crippen molar-refractivity contribution in [2.75, 3.05) is 6.54 Å². The Hall–Kier alpha value is -3.62. The van der Waals surface area contributed by atoms with Crippen LogP contribution in [0.25, 0.3) is 0 Å². The predicted molar refractivity (Wildman–Crippen MR) is 115 cm³/mol. The lowest BCUT2D eigenvalue weighted by Crippen LogP contribution is -2.44. The molecule has 1 aliphatic heterocycles. The van der Waals surface area contributed by atoms with E-state index in [1.807, 2.05) is 30.3 Å². The highest BCUT2D eigenvalue weighted by molar-refractivity contribution is 5.82. The minimum absolute atomic E-state index is 0.0541. The molecule has 1 unspecified atom stereocenters. The van der Waals surface area contributed by atoms with Crippen LogP contribution in [0.5, 0.6) is 5.75 Å². The summed E-state index contributed by atoms with van der Waals surface area (Å²) in [6.45, 7) is 5.45. The minimum atomic E-state index is -0.864. The first-order valence-corrected chi connectivity index (χ1v) is 10.2. The molecule has 2 atom stereocenters. The fourth-order valence-electron chi connectivity index (χ4n) is 3.29. The lowest BCUT2D eigenvalue weighted by atomic mass is 10.2. The van der Waals surface area contributed by atoms with Gasteiger partial charge in [0.05, 0.1) is 11.5 Å². The molecule has 1 aliphatic rings. The summed E-state index contributed by atoms with van der Waals surface area (Å²) < 4.78 is 16.8. The molecule has 1 fully saturated rings. The number of ether oxygens (including phenoxy) is 3. The van der Waals surface area contributed by atoms with Gasteiger partial charge >= 0.3 is 12.1 Å². The molecule has 0 aromatic heterocycles. The SMILES string of the molecule is CC(C)(C)OC(=O)N1CC(Oc2ccc([N+](=O)[O-])cc2)C[C@H]1C(=O)OCc1ccccc1. The summed E-state index contributed by atoms with van der Waals surface area (Å²) in [6.07, 6.45) is -0.920. The second-order valence-electron chi connectivity index (χ2n) is 8.47. The number of likely N-dealkylation sites (tertiary alicyclic amines) is 1. The summed E-state index contributed by atoms with van der Waals surface area (Å²) in [5.41, 5.74) is 0.0512. The quantitative estimate of drug-likeness (QED) is 0.376. The Kier molecular flexibility index (Phi) is 6.97. The van der Waals surface area contributed by atoms with Gasteiger partial charge in [-0.05, 0) is 38.5 Å². The minimum Gasteiger partial charge on any atom is -0.488 e. The van der Waals surface area contributed by atoms with Crippen LogP contribution in [0.2, 0.25) is 0 Å². The van der Waals surface area contributed by atoms with Crippen molar-refractivity contribution in [2.24, 2.45) is 0 Å². The van der Waals surface area contributed by atoms with Crippen LogP contribution in [0.1, 0.15) is 32.8 Å². The van der Waals surface area contributed by atoms with Crippen LogP contribution in [-0.4, -0.2) is 46.2 Å². The van der Waals surface area contributed by atoms with Gasteiger partial charge < -0.3 is 14.2 Å². The molecule has 170 valence electrons. The van der Waals surface area contributed by atoms with Gasteiger partial charge in [0, 0.05) is 18.6 Å². The van der Waals surface area contributed by atoms with Crippen molar-refractivity contribution >= 4 is 17.7 Å². The van der Waals surface area contributed by atoms with Gasteiger partial charge in [0.25, 0.3) is 5.69 Å². The monoisotopic (exact) mass is 442 g/mol. The van der Waals surface area contributed by atoms with Crippen molar-refractivity contribution in [1.82, 2.24) is 4.90 Å². The first-order chi connectivity index (χ1) is 15.1. The second kappa shape index (κ2) is 9.67. The number of carbonyl (C=O) groups excluding carboxylic acids is 2. The smallest absolute Gasteiger partial charge is 0.411 e. The average molecular weight is 442 g/mol. The fraction of sp³-hybridized carbons (Fsp3) is 0.391. The number of nitro groups is 1. The summed E-state index contributed by atoms with van der Waals surface area (Å²) in [5, 5.41) is 10.8.